The molecule has 0 saturated carbocycles. The highest BCUT2D eigenvalue weighted by molar-refractivity contribution is 7.80. The molecule has 1 heterocycles. The van der Waals surface area contributed by atoms with E-state index in [-0.39, 0.29) is 18.7 Å². The summed E-state index contributed by atoms with van der Waals surface area (Å²) in [6.07, 6.45) is 13.4. The van der Waals surface area contributed by atoms with E-state index in [1.807, 2.05) is 30.9 Å². The summed E-state index contributed by atoms with van der Waals surface area (Å²) < 4.78 is 41.2. The number of hydrogen-bond donors (Lipinski definition) is 1. The molecule has 0 saturated heterocycles. The van der Waals surface area contributed by atoms with Gasteiger partial charge < -0.3 is 9.29 Å². The van der Waals surface area contributed by atoms with Crippen LogP contribution in [-0.2, 0) is 37.6 Å². The van der Waals surface area contributed by atoms with Crippen LogP contribution in [0, 0.1) is 0 Å². The van der Waals surface area contributed by atoms with Crippen molar-refractivity contribution in [1.29, 1.82) is 0 Å². The standard InChI is InChI=1S/C12H20N2O2.C8H18O4S/c1-4-5-6-10(2)16-12(15)9-11-13-7-8-14(11)3;1-2-3-4-5-6-7-8-12-13(9,10)11/h7-8,10H,4-6,9H2,1-3H3;2-8H2,1H3,(H,9,10,11). The average Bonchev–Trinajstić information content (AvgIpc) is 3.03. The number of nitrogens with one attached hydrogen (secondary N) is 1. The van der Waals surface area contributed by atoms with Gasteiger partial charge in [0.1, 0.15) is 18.8 Å². The van der Waals surface area contributed by atoms with E-state index < -0.39 is 10.4 Å². The minimum Gasteiger partial charge on any atom is -0.726 e. The molecule has 0 spiro atoms. The quantitative estimate of drug-likeness (QED) is 0.158. The molecule has 9 heteroatoms. The molecule has 8 nitrogen and oxygen atoms in total. The van der Waals surface area contributed by atoms with Gasteiger partial charge in [-0.2, -0.15) is 0 Å². The zero-order chi connectivity index (χ0) is 22.1. The molecule has 1 aromatic heterocycles. The van der Waals surface area contributed by atoms with E-state index >= 15 is 0 Å². The van der Waals surface area contributed by atoms with Gasteiger partial charge in [-0.05, 0) is 19.8 Å². The molecule has 1 atom stereocenters. The fourth-order valence-corrected chi connectivity index (χ4v) is 2.93. The Bertz CT molecular complexity index is 645. The molecule has 0 aromatic carbocycles. The number of aryl methyl sites for hydroxylation is 1. The maximum atomic E-state index is 11.6. The fraction of sp³-hybridized carbons (Fsp3) is 0.800. The Balaban J connectivity index is 0.000000555. The fourth-order valence-electron chi connectivity index (χ4n) is 2.61. The van der Waals surface area contributed by atoms with E-state index in [0.717, 1.165) is 37.9 Å². The van der Waals surface area contributed by atoms with Gasteiger partial charge in [-0.25, -0.2) is 18.0 Å². The zero-order valence-electron chi connectivity index (χ0n) is 18.3. The number of carbonyl (C=O) groups excluding carboxylic acids is 1. The van der Waals surface area contributed by atoms with E-state index in [0.29, 0.717) is 12.8 Å². The van der Waals surface area contributed by atoms with Crippen molar-refractivity contribution in [3.63, 3.8) is 0 Å². The van der Waals surface area contributed by atoms with Gasteiger partial charge in [0.25, 0.3) is 5.82 Å². The molecule has 0 amide bonds. The van der Waals surface area contributed by atoms with Crippen molar-refractivity contribution >= 4 is 16.4 Å². The smallest absolute Gasteiger partial charge is 0.318 e. The van der Waals surface area contributed by atoms with Gasteiger partial charge in [-0.1, -0.05) is 58.8 Å². The van der Waals surface area contributed by atoms with Crippen LogP contribution in [0.2, 0.25) is 0 Å². The van der Waals surface area contributed by atoms with E-state index in [2.05, 4.69) is 23.0 Å². The van der Waals surface area contributed by atoms with Gasteiger partial charge in [-0.15, -0.1) is 0 Å². The Morgan fingerprint density at radius 1 is 1.14 bits per heavy atom. The number of nitrogens with zero attached hydrogens (tertiary/aromatic N) is 1. The molecule has 1 rings (SSSR count). The molecule has 29 heavy (non-hydrogen) atoms. The summed E-state index contributed by atoms with van der Waals surface area (Å²) in [6, 6.07) is 0. The number of H-pyrrole nitrogens is 1. The van der Waals surface area contributed by atoms with Crippen LogP contribution in [-0.4, -0.2) is 36.6 Å². The van der Waals surface area contributed by atoms with E-state index in [1.165, 1.54) is 19.3 Å². The van der Waals surface area contributed by atoms with Crippen molar-refractivity contribution in [2.45, 2.75) is 91.1 Å². The zero-order valence-corrected chi connectivity index (χ0v) is 19.1. The summed E-state index contributed by atoms with van der Waals surface area (Å²) in [4.78, 5) is 14.6. The molecular formula is C20H38N2O6S. The highest BCUT2D eigenvalue weighted by atomic mass is 32.3. The third kappa shape index (κ3) is 17.1. The first-order valence-electron chi connectivity index (χ1n) is 10.5. The lowest BCUT2D eigenvalue weighted by atomic mass is 10.1. The first-order chi connectivity index (χ1) is 13.7. The van der Waals surface area contributed by atoms with Crippen LogP contribution in [0.25, 0.3) is 0 Å². The maximum absolute atomic E-state index is 11.6. The van der Waals surface area contributed by atoms with Crippen LogP contribution < -0.4 is 4.57 Å². The van der Waals surface area contributed by atoms with Crippen LogP contribution in [0.5, 0.6) is 0 Å². The summed E-state index contributed by atoms with van der Waals surface area (Å²) in [5, 5.41) is 0. The number of unbranched alkanes of at least 4 members (excludes halogenated alkanes) is 6. The normalized spacial score (nSPS) is 12.2. The SMILES string of the molecule is CCCCC(C)OC(=O)Cc1[nH]cc[n+]1C.CCCCCCCCOS(=O)(=O)[O-]. The lowest BCUT2D eigenvalue weighted by Crippen LogP contribution is -2.32. The summed E-state index contributed by atoms with van der Waals surface area (Å²) in [5.41, 5.74) is 0. The van der Waals surface area contributed by atoms with Crippen LogP contribution in [0.1, 0.15) is 84.4 Å². The molecule has 1 aromatic rings. The number of aromatic nitrogens is 2. The maximum Gasteiger partial charge on any atom is 0.318 e. The number of esters is 1. The van der Waals surface area contributed by atoms with E-state index in [1.54, 1.807) is 0 Å². The second-order valence-corrected chi connectivity index (χ2v) is 8.19. The van der Waals surface area contributed by atoms with Gasteiger partial charge in [-0.3, -0.25) is 8.98 Å². The number of hydrogen-bond acceptors (Lipinski definition) is 6. The largest absolute Gasteiger partial charge is 0.726 e. The number of carbonyl (C=O) groups is 1. The molecule has 0 aliphatic rings. The monoisotopic (exact) mass is 434 g/mol. The van der Waals surface area contributed by atoms with Crippen LogP contribution in [0.4, 0.5) is 0 Å². The van der Waals surface area contributed by atoms with Crippen molar-refractivity contribution < 1.29 is 31.3 Å². The van der Waals surface area contributed by atoms with Crippen molar-refractivity contribution in [3.05, 3.63) is 18.2 Å². The van der Waals surface area contributed by atoms with Gasteiger partial charge in [0.2, 0.25) is 10.4 Å². The van der Waals surface area contributed by atoms with Crippen molar-refractivity contribution in [2.24, 2.45) is 7.05 Å². The minimum atomic E-state index is -4.47. The number of aromatic amines is 1. The average molecular weight is 435 g/mol. The lowest BCUT2D eigenvalue weighted by molar-refractivity contribution is -0.677. The lowest BCUT2D eigenvalue weighted by Gasteiger charge is -2.11. The van der Waals surface area contributed by atoms with Crippen molar-refractivity contribution in [3.8, 4) is 0 Å². The summed E-state index contributed by atoms with van der Waals surface area (Å²) in [6.45, 7) is 6.24. The first kappa shape index (κ1) is 27.5. The molecule has 0 bridgehead atoms. The number of imidazole rings is 1. The predicted octanol–water partition coefficient (Wildman–Crippen LogP) is 3.33. The van der Waals surface area contributed by atoms with E-state index in [4.69, 9.17) is 4.74 Å². The Hall–Kier alpha value is -1.45. The molecular weight excluding hydrogens is 396 g/mol. The topological polar surface area (TPSA) is 112 Å². The third-order valence-corrected chi connectivity index (χ3v) is 4.76. The van der Waals surface area contributed by atoms with E-state index in [9.17, 15) is 17.8 Å². The second kappa shape index (κ2) is 16.4. The summed E-state index contributed by atoms with van der Waals surface area (Å²) >= 11 is 0. The molecule has 0 radical (unpaired) electrons. The molecule has 1 unspecified atom stereocenters. The third-order valence-electron chi connectivity index (χ3n) is 4.31. The number of ether oxygens (including phenoxy) is 1. The van der Waals surface area contributed by atoms with Gasteiger partial charge in [0.15, 0.2) is 0 Å². The van der Waals surface area contributed by atoms with Gasteiger partial charge >= 0.3 is 5.97 Å². The van der Waals surface area contributed by atoms with Crippen LogP contribution in [0.15, 0.2) is 12.4 Å². The Kier molecular flexibility index (Phi) is 15.5. The summed E-state index contributed by atoms with van der Waals surface area (Å²) in [7, 11) is -2.57. The summed E-state index contributed by atoms with van der Waals surface area (Å²) in [5.74, 6) is 0.703. The molecule has 1 N–H and O–H groups in total. The molecule has 0 fully saturated rings. The van der Waals surface area contributed by atoms with Gasteiger partial charge in [0, 0.05) is 0 Å². The molecule has 170 valence electrons. The van der Waals surface area contributed by atoms with Crippen molar-refractivity contribution in [1.82, 2.24) is 4.98 Å². The number of rotatable bonds is 14. The van der Waals surface area contributed by atoms with Crippen LogP contribution in [0.3, 0.4) is 0 Å². The highest BCUT2D eigenvalue weighted by Crippen LogP contribution is 2.06. The van der Waals surface area contributed by atoms with Crippen LogP contribution >= 0.6 is 0 Å². The molecule has 0 aliphatic heterocycles. The Morgan fingerprint density at radius 2 is 1.76 bits per heavy atom. The Morgan fingerprint density at radius 3 is 2.31 bits per heavy atom. The minimum absolute atomic E-state index is 0.0210. The Labute approximate surface area is 176 Å². The predicted molar refractivity (Wildman–Crippen MR) is 110 cm³/mol. The second-order valence-electron chi connectivity index (χ2n) is 7.14. The van der Waals surface area contributed by atoms with Crippen molar-refractivity contribution in [2.75, 3.05) is 6.61 Å². The highest BCUT2D eigenvalue weighted by Gasteiger charge is 2.16. The van der Waals surface area contributed by atoms with Gasteiger partial charge in [0.05, 0.1) is 19.8 Å². The molecule has 0 aliphatic carbocycles. The first-order valence-corrected chi connectivity index (χ1v) is 11.8.